The van der Waals surface area contributed by atoms with Gasteiger partial charge in [0.05, 0.1) is 0 Å². The van der Waals surface area contributed by atoms with Crippen LogP contribution in [-0.2, 0) is 17.6 Å². The summed E-state index contributed by atoms with van der Waals surface area (Å²) in [4.78, 5) is 11.3. The number of rotatable bonds is 4. The maximum absolute atomic E-state index is 11.3. The van der Waals surface area contributed by atoms with Gasteiger partial charge in [0.25, 0.3) is 0 Å². The molecule has 1 heterocycles. The van der Waals surface area contributed by atoms with Gasteiger partial charge in [0.2, 0.25) is 5.91 Å². The first-order valence-electron chi connectivity index (χ1n) is 5.96. The van der Waals surface area contributed by atoms with E-state index in [9.17, 15) is 4.79 Å². The second-order valence-corrected chi connectivity index (χ2v) is 4.03. The SMILES string of the molecule is CCc1oc2ccccc2c1CCC(=O)NC. The summed E-state index contributed by atoms with van der Waals surface area (Å²) < 4.78 is 5.78. The number of benzene rings is 1. The minimum Gasteiger partial charge on any atom is -0.461 e. The van der Waals surface area contributed by atoms with Crippen molar-refractivity contribution < 1.29 is 9.21 Å². The Morgan fingerprint density at radius 2 is 2.12 bits per heavy atom. The van der Waals surface area contributed by atoms with E-state index in [0.717, 1.165) is 29.6 Å². The van der Waals surface area contributed by atoms with Crippen LogP contribution in [0.3, 0.4) is 0 Å². The molecule has 1 amide bonds. The number of carbonyl (C=O) groups is 1. The van der Waals surface area contributed by atoms with Crippen LogP contribution in [-0.4, -0.2) is 13.0 Å². The lowest BCUT2D eigenvalue weighted by Crippen LogP contribution is -2.18. The first-order chi connectivity index (χ1) is 8.26. The van der Waals surface area contributed by atoms with Gasteiger partial charge in [0.1, 0.15) is 11.3 Å². The molecular weight excluding hydrogens is 214 g/mol. The van der Waals surface area contributed by atoms with Gasteiger partial charge in [-0.3, -0.25) is 4.79 Å². The van der Waals surface area contributed by atoms with Crippen LogP contribution < -0.4 is 5.32 Å². The number of amides is 1. The van der Waals surface area contributed by atoms with Crippen molar-refractivity contribution in [3.05, 3.63) is 35.6 Å². The van der Waals surface area contributed by atoms with E-state index in [1.54, 1.807) is 7.05 Å². The highest BCUT2D eigenvalue weighted by atomic mass is 16.3. The monoisotopic (exact) mass is 231 g/mol. The summed E-state index contributed by atoms with van der Waals surface area (Å²) in [7, 11) is 1.66. The van der Waals surface area contributed by atoms with E-state index in [1.807, 2.05) is 18.2 Å². The number of furan rings is 1. The normalized spacial score (nSPS) is 10.7. The average molecular weight is 231 g/mol. The molecule has 3 heteroatoms. The molecule has 0 aliphatic carbocycles. The van der Waals surface area contributed by atoms with Crippen LogP contribution in [0.2, 0.25) is 0 Å². The molecule has 0 atom stereocenters. The van der Waals surface area contributed by atoms with Crippen LogP contribution in [0, 0.1) is 0 Å². The van der Waals surface area contributed by atoms with Crippen LogP contribution in [0.1, 0.15) is 24.7 Å². The summed E-state index contributed by atoms with van der Waals surface area (Å²) in [5, 5.41) is 3.78. The van der Waals surface area contributed by atoms with E-state index in [-0.39, 0.29) is 5.91 Å². The summed E-state index contributed by atoms with van der Waals surface area (Å²) in [5.74, 6) is 1.06. The Kier molecular flexibility index (Phi) is 3.47. The van der Waals surface area contributed by atoms with E-state index < -0.39 is 0 Å². The van der Waals surface area contributed by atoms with Crippen LogP contribution in [0.25, 0.3) is 11.0 Å². The van der Waals surface area contributed by atoms with Gasteiger partial charge in [0, 0.05) is 30.8 Å². The summed E-state index contributed by atoms with van der Waals surface area (Å²) in [6.45, 7) is 2.07. The van der Waals surface area contributed by atoms with E-state index in [0.29, 0.717) is 6.42 Å². The number of carbonyl (C=O) groups excluding carboxylic acids is 1. The zero-order chi connectivity index (χ0) is 12.3. The minimum atomic E-state index is 0.0670. The number of aryl methyl sites for hydroxylation is 2. The molecule has 1 aromatic carbocycles. The Hall–Kier alpha value is -1.77. The summed E-state index contributed by atoms with van der Waals surface area (Å²) >= 11 is 0. The summed E-state index contributed by atoms with van der Waals surface area (Å²) in [6, 6.07) is 7.99. The maximum Gasteiger partial charge on any atom is 0.220 e. The zero-order valence-corrected chi connectivity index (χ0v) is 10.2. The largest absolute Gasteiger partial charge is 0.461 e. The molecule has 0 radical (unpaired) electrons. The third kappa shape index (κ3) is 2.33. The quantitative estimate of drug-likeness (QED) is 0.879. The van der Waals surface area contributed by atoms with Gasteiger partial charge in [-0.2, -0.15) is 0 Å². The molecule has 1 N–H and O–H groups in total. The Morgan fingerprint density at radius 1 is 1.35 bits per heavy atom. The van der Waals surface area contributed by atoms with Gasteiger partial charge < -0.3 is 9.73 Å². The van der Waals surface area contributed by atoms with Crippen molar-refractivity contribution in [1.29, 1.82) is 0 Å². The number of para-hydroxylation sites is 1. The van der Waals surface area contributed by atoms with E-state index in [1.165, 1.54) is 5.56 Å². The third-order valence-corrected chi connectivity index (χ3v) is 2.98. The Morgan fingerprint density at radius 3 is 2.82 bits per heavy atom. The summed E-state index contributed by atoms with van der Waals surface area (Å²) in [5.41, 5.74) is 2.09. The number of nitrogens with one attached hydrogen (secondary N) is 1. The average Bonchev–Trinajstić information content (AvgIpc) is 2.73. The predicted octanol–water partition coefficient (Wildman–Crippen LogP) is 2.67. The second-order valence-electron chi connectivity index (χ2n) is 4.03. The molecule has 90 valence electrons. The van der Waals surface area contributed by atoms with Crippen LogP contribution in [0.5, 0.6) is 0 Å². The lowest BCUT2D eigenvalue weighted by molar-refractivity contribution is -0.120. The van der Waals surface area contributed by atoms with Crippen molar-refractivity contribution >= 4 is 16.9 Å². The van der Waals surface area contributed by atoms with Gasteiger partial charge in [-0.25, -0.2) is 0 Å². The zero-order valence-electron chi connectivity index (χ0n) is 10.2. The Labute approximate surface area is 101 Å². The van der Waals surface area contributed by atoms with Crippen molar-refractivity contribution in [2.75, 3.05) is 7.05 Å². The highest BCUT2D eigenvalue weighted by Crippen LogP contribution is 2.27. The molecule has 0 aliphatic heterocycles. The molecule has 0 bridgehead atoms. The first kappa shape index (κ1) is 11.7. The molecule has 3 nitrogen and oxygen atoms in total. The van der Waals surface area contributed by atoms with E-state index in [4.69, 9.17) is 4.42 Å². The van der Waals surface area contributed by atoms with Crippen LogP contribution in [0.4, 0.5) is 0 Å². The number of hydrogen-bond donors (Lipinski definition) is 1. The molecule has 17 heavy (non-hydrogen) atoms. The molecule has 2 rings (SSSR count). The van der Waals surface area contributed by atoms with Crippen LogP contribution >= 0.6 is 0 Å². The third-order valence-electron chi connectivity index (χ3n) is 2.98. The fourth-order valence-corrected chi connectivity index (χ4v) is 2.07. The van der Waals surface area contributed by atoms with Crippen LogP contribution in [0.15, 0.2) is 28.7 Å². The lowest BCUT2D eigenvalue weighted by Gasteiger charge is -2.01. The Bertz CT molecular complexity index is 528. The number of hydrogen-bond acceptors (Lipinski definition) is 2. The second kappa shape index (κ2) is 5.04. The molecule has 1 aromatic heterocycles. The molecule has 0 saturated heterocycles. The van der Waals surface area contributed by atoms with Crippen molar-refractivity contribution in [2.24, 2.45) is 0 Å². The van der Waals surface area contributed by atoms with Crippen molar-refractivity contribution in [2.45, 2.75) is 26.2 Å². The molecule has 0 fully saturated rings. The van der Waals surface area contributed by atoms with Gasteiger partial charge in [-0.15, -0.1) is 0 Å². The molecule has 0 aliphatic rings. The molecular formula is C14H17NO2. The van der Waals surface area contributed by atoms with Gasteiger partial charge in [0.15, 0.2) is 0 Å². The predicted molar refractivity (Wildman–Crippen MR) is 68.0 cm³/mol. The molecule has 0 saturated carbocycles. The standard InChI is InChI=1S/C14H17NO2/c1-3-12-11(8-9-14(16)15-2)10-6-4-5-7-13(10)17-12/h4-7H,3,8-9H2,1-2H3,(H,15,16). The van der Waals surface area contributed by atoms with E-state index >= 15 is 0 Å². The fourth-order valence-electron chi connectivity index (χ4n) is 2.07. The van der Waals surface area contributed by atoms with Gasteiger partial charge >= 0.3 is 0 Å². The maximum atomic E-state index is 11.3. The van der Waals surface area contributed by atoms with Gasteiger partial charge in [-0.1, -0.05) is 25.1 Å². The fraction of sp³-hybridized carbons (Fsp3) is 0.357. The first-order valence-corrected chi connectivity index (χ1v) is 5.96. The van der Waals surface area contributed by atoms with Crippen molar-refractivity contribution in [3.63, 3.8) is 0 Å². The highest BCUT2D eigenvalue weighted by Gasteiger charge is 2.13. The topological polar surface area (TPSA) is 42.2 Å². The molecule has 0 unspecified atom stereocenters. The van der Waals surface area contributed by atoms with Crippen molar-refractivity contribution in [1.82, 2.24) is 5.32 Å². The van der Waals surface area contributed by atoms with E-state index in [2.05, 4.69) is 18.3 Å². The smallest absolute Gasteiger partial charge is 0.220 e. The summed E-state index contributed by atoms with van der Waals surface area (Å²) in [6.07, 6.45) is 2.10. The molecule has 2 aromatic rings. The highest BCUT2D eigenvalue weighted by molar-refractivity contribution is 5.83. The van der Waals surface area contributed by atoms with Gasteiger partial charge in [-0.05, 0) is 12.5 Å². The Balaban J connectivity index is 2.33. The lowest BCUT2D eigenvalue weighted by atomic mass is 10.0. The van der Waals surface area contributed by atoms with Crippen molar-refractivity contribution in [3.8, 4) is 0 Å². The molecule has 0 spiro atoms. The minimum absolute atomic E-state index is 0.0670. The number of fused-ring (bicyclic) bond motifs is 1.